The van der Waals surface area contributed by atoms with Crippen LogP contribution in [0.25, 0.3) is 0 Å². The zero-order valence-electron chi connectivity index (χ0n) is 15.5. The molecule has 2 aromatic carbocycles. The SMILES string of the molecule is O=C(CN1CCN(S(=O)(=O)c2ccccc2)CC1)NNC(=O)c1ccc(Cl)cc1. The molecule has 3 rings (SSSR count). The Morgan fingerprint density at radius 2 is 1.52 bits per heavy atom. The van der Waals surface area contributed by atoms with Gasteiger partial charge in [0.15, 0.2) is 0 Å². The van der Waals surface area contributed by atoms with Gasteiger partial charge >= 0.3 is 0 Å². The van der Waals surface area contributed by atoms with Crippen molar-refractivity contribution in [1.82, 2.24) is 20.1 Å². The lowest BCUT2D eigenvalue weighted by molar-refractivity contribution is -0.123. The van der Waals surface area contributed by atoms with Crippen LogP contribution in [0.3, 0.4) is 0 Å². The molecule has 0 saturated carbocycles. The van der Waals surface area contributed by atoms with Crippen LogP contribution < -0.4 is 10.9 Å². The summed E-state index contributed by atoms with van der Waals surface area (Å²) >= 11 is 5.78. The maximum Gasteiger partial charge on any atom is 0.269 e. The van der Waals surface area contributed by atoms with E-state index >= 15 is 0 Å². The zero-order chi connectivity index (χ0) is 20.9. The van der Waals surface area contributed by atoms with Gasteiger partial charge in [0.1, 0.15) is 0 Å². The average molecular weight is 437 g/mol. The van der Waals surface area contributed by atoms with E-state index in [1.165, 1.54) is 4.31 Å². The summed E-state index contributed by atoms with van der Waals surface area (Å²) in [4.78, 5) is 26.2. The Labute approximate surface area is 174 Å². The number of hydrogen-bond donors (Lipinski definition) is 2. The number of hydrogen-bond acceptors (Lipinski definition) is 5. The number of hydrazine groups is 1. The van der Waals surface area contributed by atoms with Crippen molar-refractivity contribution >= 4 is 33.4 Å². The smallest absolute Gasteiger partial charge is 0.269 e. The number of rotatable bonds is 5. The molecule has 0 spiro atoms. The van der Waals surface area contributed by atoms with Gasteiger partial charge in [0.05, 0.1) is 11.4 Å². The molecule has 154 valence electrons. The highest BCUT2D eigenvalue weighted by Crippen LogP contribution is 2.17. The summed E-state index contributed by atoms with van der Waals surface area (Å²) in [5, 5.41) is 0.513. The molecule has 1 saturated heterocycles. The lowest BCUT2D eigenvalue weighted by Gasteiger charge is -2.33. The summed E-state index contributed by atoms with van der Waals surface area (Å²) in [6, 6.07) is 14.5. The molecule has 1 aliphatic rings. The van der Waals surface area contributed by atoms with E-state index in [0.717, 1.165) is 0 Å². The molecule has 1 fully saturated rings. The topological polar surface area (TPSA) is 98.8 Å². The fourth-order valence-corrected chi connectivity index (χ4v) is 4.48. The van der Waals surface area contributed by atoms with Crippen molar-refractivity contribution in [3.8, 4) is 0 Å². The number of piperazine rings is 1. The minimum absolute atomic E-state index is 0.0557. The molecular weight excluding hydrogens is 416 g/mol. The van der Waals surface area contributed by atoms with Crippen LogP contribution in [0.5, 0.6) is 0 Å². The molecule has 0 radical (unpaired) electrons. The van der Waals surface area contributed by atoms with Crippen LogP contribution >= 0.6 is 11.6 Å². The van der Waals surface area contributed by atoms with Gasteiger partial charge < -0.3 is 0 Å². The van der Waals surface area contributed by atoms with Crippen molar-refractivity contribution in [1.29, 1.82) is 0 Å². The molecular formula is C19H21ClN4O4S. The summed E-state index contributed by atoms with van der Waals surface area (Å²) in [6.07, 6.45) is 0. The van der Waals surface area contributed by atoms with E-state index in [9.17, 15) is 18.0 Å². The Hall–Kier alpha value is -2.46. The highest BCUT2D eigenvalue weighted by molar-refractivity contribution is 7.89. The van der Waals surface area contributed by atoms with Crippen molar-refractivity contribution in [2.75, 3.05) is 32.7 Å². The highest BCUT2D eigenvalue weighted by Gasteiger charge is 2.28. The molecule has 1 aliphatic heterocycles. The van der Waals surface area contributed by atoms with Crippen molar-refractivity contribution in [2.45, 2.75) is 4.90 Å². The standard InChI is InChI=1S/C19H21ClN4O4S/c20-16-8-6-15(7-9-16)19(26)22-21-18(25)14-23-10-12-24(13-11-23)29(27,28)17-4-2-1-3-5-17/h1-9H,10-14H2,(H,21,25)(H,22,26). The number of carbonyl (C=O) groups is 2. The van der Waals surface area contributed by atoms with Gasteiger partial charge in [-0.05, 0) is 36.4 Å². The maximum absolute atomic E-state index is 12.6. The van der Waals surface area contributed by atoms with E-state index in [4.69, 9.17) is 11.6 Å². The summed E-state index contributed by atoms with van der Waals surface area (Å²) in [5.41, 5.74) is 5.08. The van der Waals surface area contributed by atoms with Crippen LogP contribution in [0.15, 0.2) is 59.5 Å². The average Bonchev–Trinajstić information content (AvgIpc) is 2.73. The van der Waals surface area contributed by atoms with E-state index in [1.807, 2.05) is 4.90 Å². The second-order valence-corrected chi connectivity index (χ2v) is 8.88. The molecule has 0 bridgehead atoms. The first-order valence-electron chi connectivity index (χ1n) is 8.98. The normalized spacial score (nSPS) is 15.6. The third-order valence-corrected chi connectivity index (χ3v) is 6.67. The molecule has 2 N–H and O–H groups in total. The van der Waals surface area contributed by atoms with E-state index in [-0.39, 0.29) is 17.3 Å². The monoisotopic (exact) mass is 436 g/mol. The molecule has 8 nitrogen and oxygen atoms in total. The third-order valence-electron chi connectivity index (χ3n) is 4.50. The first kappa shape index (κ1) is 21.3. The van der Waals surface area contributed by atoms with Crippen LogP contribution in [-0.2, 0) is 14.8 Å². The Morgan fingerprint density at radius 1 is 0.897 bits per heavy atom. The van der Waals surface area contributed by atoms with E-state index in [2.05, 4.69) is 10.9 Å². The first-order valence-corrected chi connectivity index (χ1v) is 10.8. The number of sulfonamides is 1. The van der Waals surface area contributed by atoms with E-state index in [0.29, 0.717) is 36.8 Å². The minimum Gasteiger partial charge on any atom is -0.292 e. The molecule has 0 atom stereocenters. The van der Waals surface area contributed by atoms with Gasteiger partial charge in [0, 0.05) is 36.8 Å². The molecule has 0 aromatic heterocycles. The first-order chi connectivity index (χ1) is 13.9. The van der Waals surface area contributed by atoms with Crippen molar-refractivity contribution < 1.29 is 18.0 Å². The zero-order valence-corrected chi connectivity index (χ0v) is 17.1. The lowest BCUT2D eigenvalue weighted by Crippen LogP contribution is -2.52. The van der Waals surface area contributed by atoms with Gasteiger partial charge in [-0.1, -0.05) is 29.8 Å². The fourth-order valence-electron chi connectivity index (χ4n) is 2.91. The maximum atomic E-state index is 12.6. The highest BCUT2D eigenvalue weighted by atomic mass is 35.5. The summed E-state index contributed by atoms with van der Waals surface area (Å²) in [5.74, 6) is -0.833. The number of nitrogens with one attached hydrogen (secondary N) is 2. The number of halogens is 1. The van der Waals surface area contributed by atoms with Crippen molar-refractivity contribution in [2.24, 2.45) is 0 Å². The van der Waals surface area contributed by atoms with E-state index < -0.39 is 15.9 Å². The van der Waals surface area contributed by atoms with Gasteiger partial charge in [-0.3, -0.25) is 25.3 Å². The third kappa shape index (κ3) is 5.54. The van der Waals surface area contributed by atoms with Crippen molar-refractivity contribution in [3.05, 3.63) is 65.2 Å². The van der Waals surface area contributed by atoms with Gasteiger partial charge in [-0.15, -0.1) is 0 Å². The van der Waals surface area contributed by atoms with Gasteiger partial charge in [-0.2, -0.15) is 4.31 Å². The van der Waals surface area contributed by atoms with Crippen LogP contribution in [0, 0.1) is 0 Å². The Bertz CT molecular complexity index is 959. The molecule has 2 aromatic rings. The summed E-state index contributed by atoms with van der Waals surface area (Å²) < 4.78 is 26.7. The molecule has 2 amide bonds. The van der Waals surface area contributed by atoms with Crippen LogP contribution in [0.1, 0.15) is 10.4 Å². The quantitative estimate of drug-likeness (QED) is 0.684. The molecule has 0 unspecified atom stereocenters. The molecule has 1 heterocycles. The van der Waals surface area contributed by atoms with Crippen LogP contribution in [0.2, 0.25) is 5.02 Å². The Morgan fingerprint density at radius 3 is 2.14 bits per heavy atom. The number of nitrogens with zero attached hydrogens (tertiary/aromatic N) is 2. The largest absolute Gasteiger partial charge is 0.292 e. The summed E-state index contributed by atoms with van der Waals surface area (Å²) in [6.45, 7) is 1.48. The predicted molar refractivity (Wildman–Crippen MR) is 109 cm³/mol. The van der Waals surface area contributed by atoms with Gasteiger partial charge in [0.2, 0.25) is 10.0 Å². The van der Waals surface area contributed by atoms with E-state index in [1.54, 1.807) is 54.6 Å². The number of carbonyl (C=O) groups excluding carboxylic acids is 2. The summed E-state index contributed by atoms with van der Waals surface area (Å²) in [7, 11) is -3.53. The molecule has 0 aliphatic carbocycles. The Kier molecular flexibility index (Phi) is 6.86. The fraction of sp³-hybridized carbons (Fsp3) is 0.263. The lowest BCUT2D eigenvalue weighted by atomic mass is 10.2. The second kappa shape index (κ2) is 9.36. The van der Waals surface area contributed by atoms with Crippen LogP contribution in [0.4, 0.5) is 0 Å². The molecule has 10 heteroatoms. The number of benzene rings is 2. The Balaban J connectivity index is 1.45. The van der Waals surface area contributed by atoms with Crippen LogP contribution in [-0.4, -0.2) is 62.2 Å². The number of amides is 2. The molecule has 29 heavy (non-hydrogen) atoms. The van der Waals surface area contributed by atoms with Crippen molar-refractivity contribution in [3.63, 3.8) is 0 Å². The second-order valence-electron chi connectivity index (χ2n) is 6.50. The van der Waals surface area contributed by atoms with Gasteiger partial charge in [-0.25, -0.2) is 8.42 Å². The minimum atomic E-state index is -3.53. The van der Waals surface area contributed by atoms with Gasteiger partial charge in [0.25, 0.3) is 11.8 Å². The predicted octanol–water partition coefficient (Wildman–Crippen LogP) is 1.11.